The van der Waals surface area contributed by atoms with E-state index in [-0.39, 0.29) is 11.3 Å². The van der Waals surface area contributed by atoms with Crippen LogP contribution in [-0.2, 0) is 9.59 Å². The van der Waals surface area contributed by atoms with Gasteiger partial charge in [0.15, 0.2) is 0 Å². The molecule has 5 amide bonds. The van der Waals surface area contributed by atoms with Crippen LogP contribution in [0.2, 0.25) is 0 Å². The van der Waals surface area contributed by atoms with E-state index in [1.54, 1.807) is 43.3 Å². The van der Waals surface area contributed by atoms with E-state index >= 15 is 0 Å². The fourth-order valence-corrected chi connectivity index (χ4v) is 4.34. The Bertz CT molecular complexity index is 1470. The van der Waals surface area contributed by atoms with Crippen LogP contribution >= 0.6 is 0 Å². The second-order valence-electron chi connectivity index (χ2n) is 8.53. The Morgan fingerprint density at radius 2 is 1.66 bits per heavy atom. The monoisotopic (exact) mass is 516 g/mol. The fraction of sp³-hybridized carbons (Fsp3) is 0.214. The summed E-state index contributed by atoms with van der Waals surface area (Å²) in [5.41, 5.74) is 8.65. The molecule has 1 fully saturated rings. The smallest absolute Gasteiger partial charge is 0.336 e. The molecule has 10 nitrogen and oxygen atoms in total. The van der Waals surface area contributed by atoms with Crippen molar-refractivity contribution in [3.8, 4) is 17.2 Å². The summed E-state index contributed by atoms with van der Waals surface area (Å²) in [6.45, 7) is 8.01. The molecule has 3 N–H and O–H groups in total. The van der Waals surface area contributed by atoms with Gasteiger partial charge in [0.25, 0.3) is 11.8 Å². The van der Waals surface area contributed by atoms with Gasteiger partial charge in [0.1, 0.15) is 17.1 Å². The number of ether oxygens (including phenoxy) is 2. The van der Waals surface area contributed by atoms with Crippen molar-refractivity contribution in [3.05, 3.63) is 76.6 Å². The minimum absolute atomic E-state index is 0.165. The maximum absolute atomic E-state index is 13.6. The Hall–Kier alpha value is -4.86. The fourth-order valence-electron chi connectivity index (χ4n) is 4.34. The summed E-state index contributed by atoms with van der Waals surface area (Å²) in [7, 11) is 0. The Balaban J connectivity index is 1.76. The van der Waals surface area contributed by atoms with E-state index in [9.17, 15) is 19.2 Å². The molecule has 10 heteroatoms. The lowest BCUT2D eigenvalue weighted by Crippen LogP contribution is -2.54. The van der Waals surface area contributed by atoms with Gasteiger partial charge in [-0.2, -0.15) is 0 Å². The summed E-state index contributed by atoms with van der Waals surface area (Å²) in [5, 5.41) is 2.25. The number of hydrogen-bond acceptors (Lipinski definition) is 6. The maximum Gasteiger partial charge on any atom is 0.336 e. The number of aryl methyl sites for hydroxylation is 1. The third kappa shape index (κ3) is 4.88. The molecular formula is C28H28N4O6. The van der Waals surface area contributed by atoms with Crippen LogP contribution in [0.4, 0.5) is 10.5 Å². The second kappa shape index (κ2) is 10.6. The molecule has 2 heterocycles. The van der Waals surface area contributed by atoms with Crippen LogP contribution in [0.5, 0.6) is 11.5 Å². The number of benzene rings is 2. The Morgan fingerprint density at radius 1 is 0.974 bits per heavy atom. The minimum atomic E-state index is -0.883. The van der Waals surface area contributed by atoms with Gasteiger partial charge in [0, 0.05) is 28.7 Å². The number of barbiturate groups is 1. The summed E-state index contributed by atoms with van der Waals surface area (Å²) in [6, 6.07) is 12.5. The highest BCUT2D eigenvalue weighted by Crippen LogP contribution is 2.35. The highest BCUT2D eigenvalue weighted by atomic mass is 16.5. The van der Waals surface area contributed by atoms with Crippen molar-refractivity contribution in [2.45, 2.75) is 27.7 Å². The minimum Gasteiger partial charge on any atom is -0.494 e. The van der Waals surface area contributed by atoms with Crippen molar-refractivity contribution >= 4 is 35.5 Å². The SMILES string of the molecule is CCOc1ccc(OCC)c(N2C(=O)NC(=O)/C(=C\c3cc(C)n(-c4ccc(C(N)=O)cc4)c3C)C2=O)c1. The number of anilines is 1. The molecule has 38 heavy (non-hydrogen) atoms. The van der Waals surface area contributed by atoms with Crippen LogP contribution < -0.4 is 25.4 Å². The van der Waals surface area contributed by atoms with Gasteiger partial charge in [0.05, 0.1) is 18.9 Å². The Kier molecular flexibility index (Phi) is 7.33. The number of nitrogens with two attached hydrogens (primary N) is 1. The lowest BCUT2D eigenvalue weighted by Gasteiger charge is -2.28. The molecule has 0 radical (unpaired) electrons. The van der Waals surface area contributed by atoms with Gasteiger partial charge < -0.3 is 19.8 Å². The van der Waals surface area contributed by atoms with Crippen LogP contribution in [0.15, 0.2) is 54.1 Å². The molecule has 196 valence electrons. The zero-order valence-electron chi connectivity index (χ0n) is 21.5. The first kappa shape index (κ1) is 26.2. The van der Waals surface area contributed by atoms with Crippen LogP contribution in [0.3, 0.4) is 0 Å². The van der Waals surface area contributed by atoms with Crippen molar-refractivity contribution in [1.82, 2.24) is 9.88 Å². The second-order valence-corrected chi connectivity index (χ2v) is 8.53. The summed E-state index contributed by atoms with van der Waals surface area (Å²) in [4.78, 5) is 51.5. The maximum atomic E-state index is 13.6. The van der Waals surface area contributed by atoms with Crippen LogP contribution in [0, 0.1) is 13.8 Å². The zero-order chi connectivity index (χ0) is 27.6. The van der Waals surface area contributed by atoms with Gasteiger partial charge in [-0.05, 0) is 81.8 Å². The summed E-state index contributed by atoms with van der Waals surface area (Å²) >= 11 is 0. The summed E-state index contributed by atoms with van der Waals surface area (Å²) in [5.74, 6) is -1.37. The van der Waals surface area contributed by atoms with E-state index in [1.165, 1.54) is 12.1 Å². The van der Waals surface area contributed by atoms with Crippen molar-refractivity contribution in [3.63, 3.8) is 0 Å². The number of nitrogens with one attached hydrogen (secondary N) is 1. The summed E-state index contributed by atoms with van der Waals surface area (Å²) in [6.07, 6.45) is 1.46. The molecular weight excluding hydrogens is 488 g/mol. The predicted molar refractivity (Wildman–Crippen MR) is 142 cm³/mol. The van der Waals surface area contributed by atoms with Gasteiger partial charge >= 0.3 is 6.03 Å². The first-order chi connectivity index (χ1) is 18.2. The zero-order valence-corrected chi connectivity index (χ0v) is 21.5. The molecule has 2 aromatic carbocycles. The normalized spacial score (nSPS) is 14.6. The molecule has 0 unspecified atom stereocenters. The van der Waals surface area contributed by atoms with E-state index < -0.39 is 23.8 Å². The number of carbonyl (C=O) groups excluding carboxylic acids is 4. The molecule has 0 aliphatic carbocycles. The van der Waals surface area contributed by atoms with Gasteiger partial charge in [-0.3, -0.25) is 19.7 Å². The lowest BCUT2D eigenvalue weighted by atomic mass is 10.1. The number of carbonyl (C=O) groups is 4. The van der Waals surface area contributed by atoms with Gasteiger partial charge in [0.2, 0.25) is 5.91 Å². The first-order valence-corrected chi connectivity index (χ1v) is 12.1. The third-order valence-electron chi connectivity index (χ3n) is 6.06. The Morgan fingerprint density at radius 3 is 2.29 bits per heavy atom. The largest absolute Gasteiger partial charge is 0.494 e. The average Bonchev–Trinajstić information content (AvgIpc) is 3.15. The molecule has 1 aliphatic heterocycles. The van der Waals surface area contributed by atoms with Crippen molar-refractivity contribution < 1.29 is 28.7 Å². The van der Waals surface area contributed by atoms with Crippen LogP contribution in [0.1, 0.15) is 41.2 Å². The van der Waals surface area contributed by atoms with E-state index in [0.29, 0.717) is 35.8 Å². The van der Waals surface area contributed by atoms with Crippen molar-refractivity contribution in [1.29, 1.82) is 0 Å². The summed E-state index contributed by atoms with van der Waals surface area (Å²) < 4.78 is 13.1. The predicted octanol–water partition coefficient (Wildman–Crippen LogP) is 3.66. The van der Waals surface area contributed by atoms with E-state index in [4.69, 9.17) is 15.2 Å². The number of urea groups is 1. The number of primary amides is 1. The Labute approximate surface area is 219 Å². The van der Waals surface area contributed by atoms with Crippen LogP contribution in [-0.4, -0.2) is 41.5 Å². The quantitative estimate of drug-likeness (QED) is 0.347. The van der Waals surface area contributed by atoms with Crippen LogP contribution in [0.25, 0.3) is 11.8 Å². The first-order valence-electron chi connectivity index (χ1n) is 12.1. The molecule has 1 saturated heterocycles. The molecule has 1 aliphatic rings. The average molecular weight is 517 g/mol. The van der Waals surface area contributed by atoms with Gasteiger partial charge in [-0.1, -0.05) is 0 Å². The highest BCUT2D eigenvalue weighted by molar-refractivity contribution is 6.39. The number of aromatic nitrogens is 1. The standard InChI is InChI=1S/C28H28N4O6/c1-5-37-21-11-12-24(38-6-2)23(15-21)32-27(35)22(26(34)30-28(32)36)14-19-13-16(3)31(17(19)4)20-9-7-18(8-10-20)25(29)33/h7-15H,5-6H2,1-4H3,(H2,29,33)(H,30,34,36)/b22-14+. The number of nitrogens with zero attached hydrogens (tertiary/aromatic N) is 2. The van der Waals surface area contributed by atoms with E-state index in [2.05, 4.69) is 5.32 Å². The third-order valence-corrected chi connectivity index (χ3v) is 6.06. The molecule has 0 bridgehead atoms. The lowest BCUT2D eigenvalue weighted by molar-refractivity contribution is -0.122. The molecule has 1 aromatic heterocycles. The number of rotatable bonds is 8. The molecule has 3 aromatic rings. The highest BCUT2D eigenvalue weighted by Gasteiger charge is 2.38. The van der Waals surface area contributed by atoms with Gasteiger partial charge in [-0.25, -0.2) is 9.69 Å². The number of imide groups is 2. The van der Waals surface area contributed by atoms with Crippen molar-refractivity contribution in [2.24, 2.45) is 5.73 Å². The topological polar surface area (TPSA) is 133 Å². The van der Waals surface area contributed by atoms with E-state index in [1.807, 2.05) is 31.4 Å². The molecule has 4 rings (SSSR count). The van der Waals surface area contributed by atoms with Crippen molar-refractivity contribution in [2.75, 3.05) is 18.1 Å². The number of amides is 5. The van der Waals surface area contributed by atoms with E-state index in [0.717, 1.165) is 22.0 Å². The number of hydrogen-bond donors (Lipinski definition) is 2. The molecule has 0 atom stereocenters. The van der Waals surface area contributed by atoms with Gasteiger partial charge in [-0.15, -0.1) is 0 Å². The molecule has 0 spiro atoms. The molecule has 0 saturated carbocycles.